The Hall–Kier alpha value is -2.11. The molecule has 0 bridgehead atoms. The molecule has 2 heterocycles. The molecule has 0 fully saturated rings. The summed E-state index contributed by atoms with van der Waals surface area (Å²) in [5.41, 5.74) is 8.65. The van der Waals surface area contributed by atoms with Crippen molar-refractivity contribution in [2.24, 2.45) is 0 Å². The van der Waals surface area contributed by atoms with E-state index in [0.29, 0.717) is 0 Å². The van der Waals surface area contributed by atoms with Crippen LogP contribution in [0.3, 0.4) is 0 Å². The Morgan fingerprint density at radius 1 is 0.795 bits per heavy atom. The first-order chi connectivity index (χ1) is 19.0. The van der Waals surface area contributed by atoms with Gasteiger partial charge >= 0.3 is 62.5 Å². The van der Waals surface area contributed by atoms with Gasteiger partial charge in [0.05, 0.1) is 27.5 Å². The van der Waals surface area contributed by atoms with Gasteiger partial charge in [-0.25, -0.2) is 18.6 Å². The van der Waals surface area contributed by atoms with Crippen LogP contribution in [-0.4, -0.2) is 33.4 Å². The van der Waals surface area contributed by atoms with Crippen LogP contribution in [0.15, 0.2) is 79.1 Å². The first-order valence-corrected chi connectivity index (χ1v) is 19.6. The van der Waals surface area contributed by atoms with Crippen LogP contribution in [0.2, 0.25) is 39.3 Å². The number of allylic oxidation sites excluding steroid dienone is 2. The Balaban J connectivity index is -0.000000267. The summed E-state index contributed by atoms with van der Waals surface area (Å²) >= 11 is 0. The fourth-order valence-corrected chi connectivity index (χ4v) is 2.06. The van der Waals surface area contributed by atoms with Crippen molar-refractivity contribution in [2.75, 3.05) is 0 Å². The van der Waals surface area contributed by atoms with E-state index in [-0.39, 0.29) is 55.2 Å². The van der Waals surface area contributed by atoms with Gasteiger partial charge in [0.2, 0.25) is 0 Å². The Labute approximate surface area is 299 Å². The summed E-state index contributed by atoms with van der Waals surface area (Å²) in [4.78, 5) is 8.65. The summed E-state index contributed by atoms with van der Waals surface area (Å²) in [6.07, 6.45) is 26.9. The van der Waals surface area contributed by atoms with Gasteiger partial charge in [-0.05, 0) is 24.3 Å². The summed E-state index contributed by atoms with van der Waals surface area (Å²) < 4.78 is 39.0. The Bertz CT molecular complexity index is 1270. The van der Waals surface area contributed by atoms with Crippen molar-refractivity contribution in [1.82, 2.24) is 9.97 Å². The van der Waals surface area contributed by atoms with Gasteiger partial charge in [-0.1, -0.05) is 51.3 Å². The Morgan fingerprint density at radius 3 is 1.64 bits per heavy atom. The van der Waals surface area contributed by atoms with Crippen LogP contribution in [0.5, 0.6) is 0 Å². The largest absolute Gasteiger partial charge is 2.00 e. The van der Waals surface area contributed by atoms with Crippen LogP contribution >= 0.6 is 0 Å². The van der Waals surface area contributed by atoms with Crippen molar-refractivity contribution in [1.29, 1.82) is 0 Å². The quantitative estimate of drug-likeness (QED) is 0.106. The van der Waals surface area contributed by atoms with Gasteiger partial charge in [0.25, 0.3) is 0 Å². The van der Waals surface area contributed by atoms with Crippen LogP contribution in [0.25, 0.3) is 11.4 Å². The third-order valence-corrected chi connectivity index (χ3v) is 5.51. The molecule has 2 aromatic heterocycles. The van der Waals surface area contributed by atoms with Crippen LogP contribution in [-0.2, 0) is 55.2 Å². The van der Waals surface area contributed by atoms with E-state index in [0.717, 1.165) is 22.5 Å². The number of pyridine rings is 2. The zero-order valence-electron chi connectivity index (χ0n) is 25.2. The van der Waals surface area contributed by atoms with Crippen molar-refractivity contribution in [3.05, 3.63) is 122 Å². The first kappa shape index (κ1) is 48.8. The number of nitrogens with zero attached hydrogens (tertiary/aromatic N) is 2. The molecule has 4 rings (SSSR count). The van der Waals surface area contributed by atoms with Gasteiger partial charge in [-0.2, -0.15) is 24.3 Å². The van der Waals surface area contributed by atoms with Crippen molar-refractivity contribution < 1.29 is 72.5 Å². The fourth-order valence-electron chi connectivity index (χ4n) is 2.06. The second kappa shape index (κ2) is 26.1. The minimum Gasteiger partial charge on any atom is -0.701 e. The fraction of sp³-hybridized carbons (Fsp3) is 0.188. The minimum atomic E-state index is -6.00. The van der Waals surface area contributed by atoms with E-state index in [1.807, 2.05) is 86.0 Å². The molecule has 2 nitrogen and oxygen atoms in total. The molecule has 0 unspecified atom stereocenters. The topological polar surface area (TPSA) is 25.8 Å². The molecule has 0 atom stereocenters. The van der Waals surface area contributed by atoms with Crippen LogP contribution in [0, 0.1) is 55.0 Å². The molecule has 240 valence electrons. The van der Waals surface area contributed by atoms with E-state index in [9.17, 15) is 17.3 Å². The molecule has 0 amide bonds. The average molecular weight is 904 g/mol. The van der Waals surface area contributed by atoms with Crippen LogP contribution < -0.4 is 0 Å². The van der Waals surface area contributed by atoms with Crippen molar-refractivity contribution in [3.63, 3.8) is 0 Å². The van der Waals surface area contributed by atoms with E-state index in [2.05, 4.69) is 72.2 Å². The molecule has 1 aliphatic carbocycles. The predicted molar refractivity (Wildman–Crippen MR) is 169 cm³/mol. The number of rotatable bonds is 1. The average Bonchev–Trinajstić information content (AvgIpc) is 3.65. The second-order valence-electron chi connectivity index (χ2n) is 10.3. The molecule has 1 aliphatic rings. The van der Waals surface area contributed by atoms with E-state index < -0.39 is 23.4 Å². The smallest absolute Gasteiger partial charge is 0.701 e. The van der Waals surface area contributed by atoms with Gasteiger partial charge in [0, 0.05) is 18.0 Å². The maximum Gasteiger partial charge on any atom is 2.00 e. The standard InChI is InChI=1S/C17H11N2.2C5H9Si.C5H5.BF4.Cu.Fe.Pt/c1-2-6-14(5-1)8-9-15-10-11-17(19-13-15)16-7-3-4-12-18-16;2*1-5-6(2,3)4;1-2-4-5-3-1;2-1(3,4)5;;;/h1-7,10-13H;2*2-4H3;1-5H;;;;/q5*-1;+1;2*+2. The molecule has 0 saturated carbocycles. The predicted octanol–water partition coefficient (Wildman–Crippen LogP) is 8.63. The zero-order valence-corrected chi connectivity index (χ0v) is 31.5. The summed E-state index contributed by atoms with van der Waals surface area (Å²) in [6, 6.07) is 17.6. The molecule has 12 heteroatoms. The molecule has 1 aromatic carbocycles. The number of halogens is 4. The van der Waals surface area contributed by atoms with Gasteiger partial charge < -0.3 is 41.2 Å². The molecule has 44 heavy (non-hydrogen) atoms. The number of hydrogen-bond donors (Lipinski definition) is 0. The van der Waals surface area contributed by atoms with E-state index >= 15 is 0 Å². The molecule has 0 N–H and O–H groups in total. The Kier molecular flexibility index (Phi) is 29.0. The number of hydrogen-bond acceptors (Lipinski definition) is 2. The van der Waals surface area contributed by atoms with E-state index in [4.69, 9.17) is 12.8 Å². The molecular formula is C32H34BCuF4FeN2PtSi2. The van der Waals surface area contributed by atoms with Crippen molar-refractivity contribution in [3.8, 4) is 34.3 Å². The normalized spacial score (nSPS) is 10.5. The van der Waals surface area contributed by atoms with Gasteiger partial charge in [0.1, 0.15) is 0 Å². The summed E-state index contributed by atoms with van der Waals surface area (Å²) in [5.74, 6) is 6.19. The Morgan fingerprint density at radius 2 is 1.32 bits per heavy atom. The molecule has 0 aliphatic heterocycles. The summed E-state index contributed by atoms with van der Waals surface area (Å²) in [5, 5.41) is 0. The summed E-state index contributed by atoms with van der Waals surface area (Å²) in [6.45, 7) is 12.5. The van der Waals surface area contributed by atoms with Gasteiger partial charge in [0.15, 0.2) is 0 Å². The van der Waals surface area contributed by atoms with Gasteiger partial charge in [-0.3, -0.25) is 9.97 Å². The zero-order chi connectivity index (χ0) is 31.4. The monoisotopic (exact) mass is 903 g/mol. The molecule has 2 radical (unpaired) electrons. The van der Waals surface area contributed by atoms with Crippen LogP contribution in [0.1, 0.15) is 11.1 Å². The van der Waals surface area contributed by atoms with Gasteiger partial charge in [-0.15, -0.1) is 24.3 Å². The maximum absolute atomic E-state index is 9.75. The number of aromatic nitrogens is 2. The third-order valence-electron chi connectivity index (χ3n) is 4.01. The van der Waals surface area contributed by atoms with Crippen molar-refractivity contribution >= 4 is 23.4 Å². The summed E-state index contributed by atoms with van der Waals surface area (Å²) in [7, 11) is -8.43. The van der Waals surface area contributed by atoms with E-state index in [1.165, 1.54) is 0 Å². The third kappa shape index (κ3) is 32.8. The van der Waals surface area contributed by atoms with Crippen LogP contribution in [0.4, 0.5) is 17.3 Å². The molecular weight excluding hydrogens is 870 g/mol. The minimum absolute atomic E-state index is 0. The van der Waals surface area contributed by atoms with Crippen molar-refractivity contribution in [2.45, 2.75) is 39.3 Å². The second-order valence-corrected chi connectivity index (χ2v) is 19.8. The molecule has 0 saturated heterocycles. The molecule has 0 spiro atoms. The SMILES string of the molecule is C(#Cc1ccc(-c2ccccn2)nc1)c1cc[cH-]c1.F[B-](F)(F)F.[C-]#C[Si](C)(C)C.[C-]#C[Si](C)(C)C.[CH]1[CH][CH-]C=C1.[Cu+].[Fe+2].[Pt+2]. The molecule has 3 aromatic rings. The maximum atomic E-state index is 9.75. The first-order valence-electron chi connectivity index (χ1n) is 12.6. The van der Waals surface area contributed by atoms with E-state index in [1.54, 1.807) is 12.4 Å².